The van der Waals surface area contributed by atoms with Crippen LogP contribution in [0.4, 0.5) is 8.78 Å². The van der Waals surface area contributed by atoms with Gasteiger partial charge in [0.05, 0.1) is 12.0 Å². The Morgan fingerprint density at radius 3 is 2.56 bits per heavy atom. The van der Waals surface area contributed by atoms with Gasteiger partial charge in [0.1, 0.15) is 23.7 Å². The Kier molecular flexibility index (Phi) is 6.66. The molecule has 2 N–H and O–H groups in total. The summed E-state index contributed by atoms with van der Waals surface area (Å²) < 4.78 is 44.9. The Hall–Kier alpha value is -3.45. The lowest BCUT2D eigenvalue weighted by Crippen LogP contribution is -2.12. The number of hydrogen-bond acceptors (Lipinski definition) is 5. The van der Waals surface area contributed by atoms with Crippen LogP contribution in [0.5, 0.6) is 11.5 Å². The molecule has 4 aromatic rings. The number of aryl methyl sites for hydroxylation is 1. The van der Waals surface area contributed by atoms with Crippen LogP contribution in [0.3, 0.4) is 0 Å². The molecule has 0 aliphatic carbocycles. The molecule has 0 saturated heterocycles. The molecule has 2 aromatic heterocycles. The fourth-order valence-electron chi connectivity index (χ4n) is 3.58. The van der Waals surface area contributed by atoms with Crippen LogP contribution in [0.15, 0.2) is 65.3 Å². The average Bonchev–Trinajstić information content (AvgIpc) is 3.13. The molecule has 0 spiro atoms. The minimum Gasteiger partial charge on any atom is -0.493 e. The van der Waals surface area contributed by atoms with Crippen molar-refractivity contribution < 1.29 is 22.7 Å². The van der Waals surface area contributed by atoms with Gasteiger partial charge in [-0.25, -0.2) is 8.78 Å². The predicted octanol–water partition coefficient (Wildman–Crippen LogP) is 5.85. The summed E-state index contributed by atoms with van der Waals surface area (Å²) in [6.07, 6.45) is 5.03. The van der Waals surface area contributed by atoms with Gasteiger partial charge >= 0.3 is 0 Å². The maximum Gasteiger partial charge on any atom is 0.191 e. The van der Waals surface area contributed by atoms with Crippen LogP contribution in [-0.4, -0.2) is 11.6 Å². The second-order valence-corrected chi connectivity index (χ2v) is 7.50. The molecule has 2 heterocycles. The second-order valence-electron chi connectivity index (χ2n) is 7.50. The number of benzene rings is 2. The van der Waals surface area contributed by atoms with Gasteiger partial charge in [0.15, 0.2) is 17.4 Å². The number of halogens is 2. The van der Waals surface area contributed by atoms with Crippen molar-refractivity contribution in [3.05, 3.63) is 89.4 Å². The highest BCUT2D eigenvalue weighted by molar-refractivity contribution is 5.88. The summed E-state index contributed by atoms with van der Waals surface area (Å²) in [5.74, 6) is -0.771. The number of furan rings is 1. The number of nitrogens with two attached hydrogens (primary N) is 1. The molecule has 32 heavy (non-hydrogen) atoms. The highest BCUT2D eigenvalue weighted by Gasteiger charge is 2.17. The number of pyridine rings is 1. The van der Waals surface area contributed by atoms with Crippen molar-refractivity contribution >= 4 is 11.0 Å². The Labute approximate surface area is 184 Å². The van der Waals surface area contributed by atoms with Crippen molar-refractivity contribution in [3.8, 4) is 11.5 Å². The topological polar surface area (TPSA) is 70.5 Å². The maximum atomic E-state index is 13.8. The van der Waals surface area contributed by atoms with Crippen LogP contribution in [0, 0.1) is 18.6 Å². The summed E-state index contributed by atoms with van der Waals surface area (Å²) in [4.78, 5) is 4.10. The standard InChI is InChI=1S/C25H24F2N2O3/c1-16-23(15-31-25-18(26)7-2-8-19(25)27)32-22-11-3-10-21(24(16)22)30-13-5-9-20(28)17-6-4-12-29-14-17/h2-4,6-8,10-12,14,20H,5,9,13,15,28H2,1H3. The third kappa shape index (κ3) is 4.73. The van der Waals surface area contributed by atoms with Crippen LogP contribution < -0.4 is 15.2 Å². The maximum absolute atomic E-state index is 13.8. The number of rotatable bonds is 9. The van der Waals surface area contributed by atoms with E-state index in [0.29, 0.717) is 23.7 Å². The quantitative estimate of drug-likeness (QED) is 0.332. The van der Waals surface area contributed by atoms with Crippen molar-refractivity contribution in [2.75, 3.05) is 6.61 Å². The lowest BCUT2D eigenvalue weighted by Gasteiger charge is -2.12. The van der Waals surface area contributed by atoms with Gasteiger partial charge in [-0.15, -0.1) is 0 Å². The van der Waals surface area contributed by atoms with Gasteiger partial charge < -0.3 is 19.6 Å². The van der Waals surface area contributed by atoms with Crippen LogP contribution in [0.25, 0.3) is 11.0 Å². The van der Waals surface area contributed by atoms with Gasteiger partial charge in [-0.2, -0.15) is 0 Å². The van der Waals surface area contributed by atoms with Crippen molar-refractivity contribution in [2.45, 2.75) is 32.4 Å². The number of hydrogen-bond donors (Lipinski definition) is 1. The van der Waals surface area contributed by atoms with Crippen molar-refractivity contribution in [2.24, 2.45) is 5.73 Å². The summed E-state index contributed by atoms with van der Waals surface area (Å²) in [5, 5.41) is 0.816. The largest absolute Gasteiger partial charge is 0.493 e. The van der Waals surface area contributed by atoms with Gasteiger partial charge in [-0.05, 0) is 55.7 Å². The van der Waals surface area contributed by atoms with E-state index in [4.69, 9.17) is 19.6 Å². The first-order chi connectivity index (χ1) is 15.5. The van der Waals surface area contributed by atoms with E-state index in [1.54, 1.807) is 12.4 Å². The van der Waals surface area contributed by atoms with E-state index >= 15 is 0 Å². The smallest absolute Gasteiger partial charge is 0.191 e. The summed E-state index contributed by atoms with van der Waals surface area (Å²) in [5.41, 5.74) is 8.64. The third-order valence-corrected chi connectivity index (χ3v) is 5.31. The number of para-hydroxylation sites is 1. The second kappa shape index (κ2) is 9.78. The fraction of sp³-hybridized carbons (Fsp3) is 0.240. The van der Waals surface area contributed by atoms with Gasteiger partial charge in [-0.3, -0.25) is 4.98 Å². The highest BCUT2D eigenvalue weighted by Crippen LogP contribution is 2.34. The molecular weight excluding hydrogens is 414 g/mol. The fourth-order valence-corrected chi connectivity index (χ4v) is 3.58. The van der Waals surface area contributed by atoms with E-state index < -0.39 is 17.4 Å². The van der Waals surface area contributed by atoms with Gasteiger partial charge in [-0.1, -0.05) is 18.2 Å². The molecule has 166 valence electrons. The Balaban J connectivity index is 1.41. The van der Waals surface area contributed by atoms with Crippen LogP contribution in [0.1, 0.15) is 35.8 Å². The molecule has 2 aromatic carbocycles. The molecule has 7 heteroatoms. The first-order valence-corrected chi connectivity index (χ1v) is 10.4. The zero-order chi connectivity index (χ0) is 22.5. The summed E-state index contributed by atoms with van der Waals surface area (Å²) in [7, 11) is 0. The Bertz CT molecular complexity index is 1170. The number of nitrogens with zero attached hydrogens (tertiary/aromatic N) is 1. The van der Waals surface area contributed by atoms with Crippen LogP contribution in [0.2, 0.25) is 0 Å². The average molecular weight is 438 g/mol. The third-order valence-electron chi connectivity index (χ3n) is 5.31. The zero-order valence-corrected chi connectivity index (χ0v) is 17.7. The number of ether oxygens (including phenoxy) is 2. The minimum atomic E-state index is -0.757. The molecular formula is C25H24F2N2O3. The van der Waals surface area contributed by atoms with Crippen LogP contribution >= 0.6 is 0 Å². The summed E-state index contributed by atoms with van der Waals surface area (Å²) in [6, 6.07) is 12.8. The van der Waals surface area contributed by atoms with E-state index in [1.165, 1.54) is 6.07 Å². The molecule has 0 aliphatic heterocycles. The van der Waals surface area contributed by atoms with E-state index in [9.17, 15) is 8.78 Å². The minimum absolute atomic E-state index is 0.0960. The zero-order valence-electron chi connectivity index (χ0n) is 17.7. The predicted molar refractivity (Wildman–Crippen MR) is 118 cm³/mol. The summed E-state index contributed by atoms with van der Waals surface area (Å²) >= 11 is 0. The Morgan fingerprint density at radius 2 is 1.81 bits per heavy atom. The van der Waals surface area contributed by atoms with E-state index in [0.717, 1.165) is 41.5 Å². The van der Waals surface area contributed by atoms with E-state index in [-0.39, 0.29) is 12.6 Å². The molecule has 4 rings (SSSR count). The summed E-state index contributed by atoms with van der Waals surface area (Å²) in [6.45, 7) is 2.26. The highest BCUT2D eigenvalue weighted by atomic mass is 19.1. The first-order valence-electron chi connectivity index (χ1n) is 10.4. The van der Waals surface area contributed by atoms with Gasteiger partial charge in [0, 0.05) is 24.0 Å². The number of aromatic nitrogens is 1. The first kappa shape index (κ1) is 21.8. The molecule has 1 unspecified atom stereocenters. The SMILES string of the molecule is Cc1c(COc2c(F)cccc2F)oc2cccc(OCCCC(N)c3cccnc3)c12. The molecule has 0 aliphatic rings. The Morgan fingerprint density at radius 1 is 1.03 bits per heavy atom. The molecule has 5 nitrogen and oxygen atoms in total. The monoisotopic (exact) mass is 438 g/mol. The van der Waals surface area contributed by atoms with Gasteiger partial charge in [0.2, 0.25) is 0 Å². The normalized spacial score (nSPS) is 12.1. The van der Waals surface area contributed by atoms with Crippen molar-refractivity contribution in [3.63, 3.8) is 0 Å². The van der Waals surface area contributed by atoms with E-state index in [2.05, 4.69) is 4.98 Å². The molecule has 1 atom stereocenters. The van der Waals surface area contributed by atoms with Crippen LogP contribution in [-0.2, 0) is 6.61 Å². The van der Waals surface area contributed by atoms with Gasteiger partial charge in [0.25, 0.3) is 0 Å². The lowest BCUT2D eigenvalue weighted by atomic mass is 10.1. The molecule has 0 fully saturated rings. The molecule has 0 bridgehead atoms. The van der Waals surface area contributed by atoms with E-state index in [1.807, 2.05) is 37.3 Å². The molecule has 0 radical (unpaired) electrons. The molecule has 0 saturated carbocycles. The molecule has 0 amide bonds. The lowest BCUT2D eigenvalue weighted by molar-refractivity contribution is 0.248. The van der Waals surface area contributed by atoms with Crippen molar-refractivity contribution in [1.29, 1.82) is 0 Å². The number of fused-ring (bicyclic) bond motifs is 1. The van der Waals surface area contributed by atoms with Crippen molar-refractivity contribution in [1.82, 2.24) is 4.98 Å².